The number of hydrogen-bond acceptors (Lipinski definition) is 2. The Morgan fingerprint density at radius 2 is 2.64 bits per heavy atom. The van der Waals surface area contributed by atoms with E-state index in [0.717, 1.165) is 4.90 Å². The van der Waals surface area contributed by atoms with Gasteiger partial charge in [0.15, 0.2) is 0 Å². The molecule has 2 N–H and O–H groups in total. The zero-order valence-corrected chi connectivity index (χ0v) is 5.82. The maximum atomic E-state index is 10.6. The predicted octanol–water partition coefficient (Wildman–Crippen LogP) is 0.367. The molecule has 1 heterocycles. The van der Waals surface area contributed by atoms with Crippen LogP contribution in [0.5, 0.6) is 0 Å². The maximum Gasteiger partial charge on any atom is 0.407 e. The van der Waals surface area contributed by atoms with E-state index in [2.05, 4.69) is 0 Å². The van der Waals surface area contributed by atoms with Crippen LogP contribution in [0.4, 0.5) is 4.79 Å². The van der Waals surface area contributed by atoms with E-state index in [1.54, 1.807) is 0 Å². The summed E-state index contributed by atoms with van der Waals surface area (Å²) in [6.07, 6.45) is -5.18. The van der Waals surface area contributed by atoms with Crippen LogP contribution in [0.2, 0.25) is 0 Å². The van der Waals surface area contributed by atoms with Gasteiger partial charge in [-0.1, -0.05) is 6.85 Å². The molecule has 1 aliphatic rings. The fraction of sp³-hybridized carbons (Fsp3) is 0.857. The number of hydrogen-bond donors (Lipinski definition) is 2. The summed E-state index contributed by atoms with van der Waals surface area (Å²) in [5.41, 5.74) is 0. The fourth-order valence-electron chi connectivity index (χ4n) is 1.08. The van der Waals surface area contributed by atoms with Crippen LogP contribution in [-0.4, -0.2) is 40.4 Å². The van der Waals surface area contributed by atoms with Gasteiger partial charge in [0.1, 0.15) is 0 Å². The van der Waals surface area contributed by atoms with E-state index in [1.807, 2.05) is 0 Å². The van der Waals surface area contributed by atoms with E-state index < -0.39 is 31.3 Å². The Kier molecular flexibility index (Phi) is 1.05. The minimum Gasteiger partial charge on any atom is -0.465 e. The lowest BCUT2D eigenvalue weighted by Gasteiger charge is -2.09. The third-order valence-electron chi connectivity index (χ3n) is 1.74. The van der Waals surface area contributed by atoms with Crippen molar-refractivity contribution in [3.63, 3.8) is 0 Å². The molecule has 1 rings (SSSR count). The van der Waals surface area contributed by atoms with E-state index in [-0.39, 0.29) is 13.1 Å². The van der Waals surface area contributed by atoms with Gasteiger partial charge in [0.05, 0.1) is 12.6 Å². The molecule has 0 bridgehead atoms. The number of β-amino-alcohol motifs (C(OH)–C–C–N with tert-alkyl or cyclic N) is 1. The summed E-state index contributed by atoms with van der Waals surface area (Å²) >= 11 is 0. The lowest BCUT2D eigenvalue weighted by molar-refractivity contribution is 0.130. The molecular weight excluding hydrogens is 146 g/mol. The summed E-state index contributed by atoms with van der Waals surface area (Å²) in [7, 11) is 0. The highest BCUT2D eigenvalue weighted by molar-refractivity contribution is 5.65. The van der Waals surface area contributed by atoms with Crippen LogP contribution in [0.1, 0.15) is 20.1 Å². The smallest absolute Gasteiger partial charge is 0.407 e. The number of aliphatic hydroxyl groups is 1. The number of carbonyl (C=O) groups is 1. The van der Waals surface area contributed by atoms with Crippen molar-refractivity contribution in [3.05, 3.63) is 0 Å². The van der Waals surface area contributed by atoms with E-state index in [9.17, 15) is 9.90 Å². The Morgan fingerprint density at radius 3 is 3.09 bits per heavy atom. The number of amides is 1. The second kappa shape index (κ2) is 3.09. The second-order valence-electron chi connectivity index (χ2n) is 2.51. The number of likely N-dealkylation sites (tertiary alicyclic amines) is 1. The molecule has 2 unspecified atom stereocenters. The summed E-state index contributed by atoms with van der Waals surface area (Å²) in [6.45, 7) is -3.44. The first-order valence-corrected chi connectivity index (χ1v) is 3.23. The van der Waals surface area contributed by atoms with Crippen LogP contribution in [0, 0.1) is 5.92 Å². The van der Waals surface area contributed by atoms with Crippen molar-refractivity contribution in [2.24, 2.45) is 5.92 Å². The molecule has 4 heteroatoms. The molecule has 2 atom stereocenters. The standard InChI is InChI=1S/C7H13NO3/c1-2-5-3-8(7(10)11)4-6(5)9/h5-6,9H,2-4H2,1H3,(H,10,11)/i1D3,2D2. The Hall–Kier alpha value is -0.770. The molecule has 64 valence electrons. The van der Waals surface area contributed by atoms with Gasteiger partial charge in [0.25, 0.3) is 0 Å². The minimum atomic E-state index is -2.88. The molecule has 0 aromatic heterocycles. The molecule has 1 fully saturated rings. The average Bonchev–Trinajstić information content (AvgIpc) is 2.45. The van der Waals surface area contributed by atoms with Gasteiger partial charge < -0.3 is 15.1 Å². The molecule has 1 amide bonds. The van der Waals surface area contributed by atoms with Crippen LogP contribution >= 0.6 is 0 Å². The first-order chi connectivity index (χ1) is 7.07. The number of carboxylic acid groups (broad SMARTS) is 1. The van der Waals surface area contributed by atoms with Crippen molar-refractivity contribution in [1.82, 2.24) is 4.90 Å². The van der Waals surface area contributed by atoms with Gasteiger partial charge in [0.2, 0.25) is 0 Å². The van der Waals surface area contributed by atoms with Crippen LogP contribution < -0.4 is 0 Å². The highest BCUT2D eigenvalue weighted by atomic mass is 16.4. The zero-order chi connectivity index (χ0) is 12.7. The van der Waals surface area contributed by atoms with E-state index in [1.165, 1.54) is 0 Å². The van der Waals surface area contributed by atoms with Crippen molar-refractivity contribution in [2.45, 2.75) is 19.3 Å². The third kappa shape index (κ3) is 1.63. The lowest BCUT2D eigenvalue weighted by atomic mass is 10.0. The van der Waals surface area contributed by atoms with Gasteiger partial charge in [-0.15, -0.1) is 0 Å². The Morgan fingerprint density at radius 1 is 1.91 bits per heavy atom. The number of rotatable bonds is 1. The average molecular weight is 164 g/mol. The molecule has 1 saturated heterocycles. The SMILES string of the molecule is [2H]C([2H])([2H])C([2H])([2H])C1CN(C(=O)O)CC1O. The zero-order valence-electron chi connectivity index (χ0n) is 10.8. The molecule has 4 nitrogen and oxygen atoms in total. The van der Waals surface area contributed by atoms with Gasteiger partial charge in [0, 0.05) is 19.3 Å². The van der Waals surface area contributed by atoms with Crippen LogP contribution in [0.25, 0.3) is 0 Å². The molecule has 0 aliphatic carbocycles. The predicted molar refractivity (Wildman–Crippen MR) is 39.4 cm³/mol. The molecule has 0 saturated carbocycles. The lowest BCUT2D eigenvalue weighted by Crippen LogP contribution is -2.27. The number of nitrogens with zero attached hydrogens (tertiary/aromatic N) is 1. The van der Waals surface area contributed by atoms with Gasteiger partial charge in [-0.05, 0) is 6.37 Å². The largest absolute Gasteiger partial charge is 0.465 e. The van der Waals surface area contributed by atoms with Crippen molar-refractivity contribution in [3.8, 4) is 0 Å². The highest BCUT2D eigenvalue weighted by Gasteiger charge is 2.32. The van der Waals surface area contributed by atoms with Gasteiger partial charge in [-0.3, -0.25) is 0 Å². The normalized spacial score (nSPS) is 40.1. The molecule has 1 aliphatic heterocycles. The van der Waals surface area contributed by atoms with Crippen molar-refractivity contribution < 1.29 is 21.9 Å². The quantitative estimate of drug-likeness (QED) is 0.588. The molecular formula is C7H13NO3. The van der Waals surface area contributed by atoms with Crippen LogP contribution in [-0.2, 0) is 0 Å². The van der Waals surface area contributed by atoms with Gasteiger partial charge in [-0.25, -0.2) is 4.79 Å². The summed E-state index contributed by atoms with van der Waals surface area (Å²) in [6, 6.07) is 0. The summed E-state index contributed by atoms with van der Waals surface area (Å²) in [5.74, 6) is -1.23. The van der Waals surface area contributed by atoms with Crippen LogP contribution in [0.3, 0.4) is 0 Å². The van der Waals surface area contributed by atoms with Crippen LogP contribution in [0.15, 0.2) is 0 Å². The summed E-state index contributed by atoms with van der Waals surface area (Å²) in [5, 5.41) is 18.2. The molecule has 0 radical (unpaired) electrons. The van der Waals surface area contributed by atoms with Crippen molar-refractivity contribution >= 4 is 6.09 Å². The Labute approximate surface area is 72.5 Å². The number of aliphatic hydroxyl groups excluding tert-OH is 1. The maximum absolute atomic E-state index is 10.6. The van der Waals surface area contributed by atoms with Crippen molar-refractivity contribution in [2.75, 3.05) is 13.1 Å². The van der Waals surface area contributed by atoms with Gasteiger partial charge >= 0.3 is 6.09 Å². The summed E-state index contributed by atoms with van der Waals surface area (Å²) in [4.78, 5) is 11.4. The monoisotopic (exact) mass is 164 g/mol. The third-order valence-corrected chi connectivity index (χ3v) is 1.74. The highest BCUT2D eigenvalue weighted by Crippen LogP contribution is 2.19. The Balaban J connectivity index is 2.87. The molecule has 0 spiro atoms. The molecule has 11 heavy (non-hydrogen) atoms. The van der Waals surface area contributed by atoms with E-state index in [4.69, 9.17) is 12.0 Å². The fourth-order valence-corrected chi connectivity index (χ4v) is 1.08. The molecule has 0 aromatic rings. The first-order valence-electron chi connectivity index (χ1n) is 5.73. The van der Waals surface area contributed by atoms with E-state index in [0.29, 0.717) is 0 Å². The first kappa shape index (κ1) is 3.76. The van der Waals surface area contributed by atoms with Gasteiger partial charge in [-0.2, -0.15) is 0 Å². The Bertz CT molecular complexity index is 292. The van der Waals surface area contributed by atoms with Crippen molar-refractivity contribution in [1.29, 1.82) is 0 Å². The topological polar surface area (TPSA) is 60.8 Å². The minimum absolute atomic E-state index is 0.254. The second-order valence-corrected chi connectivity index (χ2v) is 2.51. The van der Waals surface area contributed by atoms with E-state index >= 15 is 0 Å². The summed E-state index contributed by atoms with van der Waals surface area (Å²) < 4.78 is 36.1. The molecule has 0 aromatic carbocycles.